The van der Waals surface area contributed by atoms with Crippen LogP contribution in [0.1, 0.15) is 45.6 Å². The van der Waals surface area contributed by atoms with Crippen LogP contribution >= 0.6 is 11.3 Å². The number of benzene rings is 3. The second kappa shape index (κ2) is 6.58. The van der Waals surface area contributed by atoms with E-state index in [9.17, 15) is 0 Å². The second-order valence-corrected chi connectivity index (χ2v) is 8.56. The summed E-state index contributed by atoms with van der Waals surface area (Å²) in [6.07, 6.45) is 3.39. The van der Waals surface area contributed by atoms with Crippen LogP contribution in [-0.2, 0) is 5.41 Å². The van der Waals surface area contributed by atoms with Gasteiger partial charge in [0.15, 0.2) is 12.2 Å². The fraction of sp³-hybridized carbons (Fsp3) is 0.160. The summed E-state index contributed by atoms with van der Waals surface area (Å²) in [6, 6.07) is 31.8. The van der Waals surface area contributed by atoms with Gasteiger partial charge in [-0.15, -0.1) is 0 Å². The maximum atomic E-state index is 2.53. The molecule has 0 N–H and O–H groups in total. The first-order valence-corrected chi connectivity index (χ1v) is 10.5. The zero-order valence-corrected chi connectivity index (χ0v) is 16.9. The Morgan fingerprint density at radius 2 is 1.32 bits per heavy atom. The Balaban J connectivity index is 0.00000171. The summed E-state index contributed by atoms with van der Waals surface area (Å²) in [4.78, 5) is 0. The van der Waals surface area contributed by atoms with Crippen molar-refractivity contribution in [1.29, 1.82) is 0 Å². The van der Waals surface area contributed by atoms with Crippen LogP contribution in [0, 0.1) is 0 Å². The number of thiazole rings is 1. The molecule has 1 aromatic heterocycles. The molecule has 3 heteroatoms. The fourth-order valence-corrected chi connectivity index (χ4v) is 6.55. The van der Waals surface area contributed by atoms with Crippen molar-refractivity contribution in [3.05, 3.63) is 124 Å². The van der Waals surface area contributed by atoms with E-state index < -0.39 is 0 Å². The predicted molar refractivity (Wildman–Crippen MR) is 109 cm³/mol. The molecule has 0 amide bonds. The van der Waals surface area contributed by atoms with Gasteiger partial charge < -0.3 is 12.4 Å². The molecule has 0 spiro atoms. The first-order valence-electron chi connectivity index (χ1n) is 9.58. The molecule has 0 fully saturated rings. The van der Waals surface area contributed by atoms with Crippen molar-refractivity contribution >= 4 is 11.3 Å². The quantitative estimate of drug-likeness (QED) is 0.454. The molecule has 4 aromatic rings. The normalized spacial score (nSPS) is 20.7. The Kier molecular flexibility index (Phi) is 4.15. The molecule has 1 nitrogen and oxygen atoms in total. The SMILES string of the molecule is [Cl-].c1ccc(C2(c3ccccc3)CC3c4ccccc4C2c2scc[n+]23)cc1. The largest absolute Gasteiger partial charge is 1.00 e. The summed E-state index contributed by atoms with van der Waals surface area (Å²) < 4.78 is 2.53. The molecular formula is C25H20ClNS. The van der Waals surface area contributed by atoms with Crippen molar-refractivity contribution in [2.75, 3.05) is 0 Å². The highest BCUT2D eigenvalue weighted by molar-refractivity contribution is 7.09. The highest BCUT2D eigenvalue weighted by Crippen LogP contribution is 2.60. The molecule has 3 aromatic carbocycles. The average molecular weight is 402 g/mol. The van der Waals surface area contributed by atoms with E-state index in [0.29, 0.717) is 12.0 Å². The first-order chi connectivity index (χ1) is 13.4. The van der Waals surface area contributed by atoms with E-state index in [1.54, 1.807) is 0 Å². The highest BCUT2D eigenvalue weighted by Gasteiger charge is 2.59. The van der Waals surface area contributed by atoms with E-state index in [4.69, 9.17) is 0 Å². The molecule has 3 aliphatic rings. The topological polar surface area (TPSA) is 3.88 Å². The van der Waals surface area contributed by atoms with Gasteiger partial charge >= 0.3 is 0 Å². The summed E-state index contributed by atoms with van der Waals surface area (Å²) in [6.45, 7) is 0. The van der Waals surface area contributed by atoms with Crippen LogP contribution in [0.15, 0.2) is 96.5 Å². The lowest BCUT2D eigenvalue weighted by molar-refractivity contribution is -0.727. The minimum Gasteiger partial charge on any atom is -1.00 e. The molecule has 2 bridgehead atoms. The number of aromatic nitrogens is 1. The van der Waals surface area contributed by atoms with Crippen molar-refractivity contribution in [2.24, 2.45) is 0 Å². The molecule has 28 heavy (non-hydrogen) atoms. The summed E-state index contributed by atoms with van der Waals surface area (Å²) in [5.74, 6) is 0.350. The monoisotopic (exact) mass is 401 g/mol. The van der Waals surface area contributed by atoms with Crippen LogP contribution < -0.4 is 17.0 Å². The van der Waals surface area contributed by atoms with Gasteiger partial charge in [0.05, 0.1) is 11.3 Å². The smallest absolute Gasteiger partial charge is 0.246 e. The van der Waals surface area contributed by atoms with Gasteiger partial charge in [-0.1, -0.05) is 96.3 Å². The lowest BCUT2D eigenvalue weighted by Crippen LogP contribution is -3.00. The maximum absolute atomic E-state index is 2.53. The minimum absolute atomic E-state index is 0. The van der Waals surface area contributed by atoms with Crippen LogP contribution in [0.3, 0.4) is 0 Å². The third kappa shape index (κ3) is 2.22. The second-order valence-electron chi connectivity index (χ2n) is 7.63. The van der Waals surface area contributed by atoms with E-state index >= 15 is 0 Å². The molecule has 0 saturated heterocycles. The number of fused-ring (bicyclic) bond motifs is 1. The van der Waals surface area contributed by atoms with Gasteiger partial charge in [0.25, 0.3) is 0 Å². The number of halogens is 1. The zero-order chi connectivity index (χ0) is 17.8. The molecule has 2 aliphatic heterocycles. The Bertz CT molecular complexity index is 1080. The van der Waals surface area contributed by atoms with Crippen molar-refractivity contribution in [2.45, 2.75) is 23.8 Å². The van der Waals surface area contributed by atoms with Crippen LogP contribution in [0.2, 0.25) is 0 Å². The molecule has 2 atom stereocenters. The lowest BCUT2D eigenvalue weighted by Gasteiger charge is -2.49. The van der Waals surface area contributed by atoms with Crippen LogP contribution in [0.5, 0.6) is 0 Å². The van der Waals surface area contributed by atoms with Gasteiger partial charge in [0.2, 0.25) is 5.01 Å². The van der Waals surface area contributed by atoms with E-state index in [0.717, 1.165) is 6.42 Å². The Hall–Kier alpha value is -2.42. The average Bonchev–Trinajstić information content (AvgIpc) is 3.26. The minimum atomic E-state index is -0.0214. The zero-order valence-electron chi connectivity index (χ0n) is 15.3. The summed E-state index contributed by atoms with van der Waals surface area (Å²) in [7, 11) is 0. The van der Waals surface area contributed by atoms with Crippen LogP contribution in [0.25, 0.3) is 0 Å². The molecule has 2 unspecified atom stereocenters. The standard InChI is InChI=1S/C25H20NS.ClH/c1-3-9-18(10-4-1)25(19-11-5-2-6-12-19)17-22-20-13-7-8-14-21(20)23(25)24-26(22)15-16-27-24;/h1-16,22-23H,17H2;1H/q+1;/p-1. The molecule has 0 radical (unpaired) electrons. The third-order valence-corrected chi connectivity index (χ3v) is 7.45. The van der Waals surface area contributed by atoms with Crippen molar-refractivity contribution in [1.82, 2.24) is 0 Å². The summed E-state index contributed by atoms with van der Waals surface area (Å²) in [5, 5.41) is 3.74. The molecule has 1 aliphatic carbocycles. The van der Waals surface area contributed by atoms with Crippen molar-refractivity contribution in [3.8, 4) is 0 Å². The molecule has 3 heterocycles. The number of hydrogen-bond donors (Lipinski definition) is 0. The van der Waals surface area contributed by atoms with Gasteiger partial charge in [0.1, 0.15) is 0 Å². The van der Waals surface area contributed by atoms with Gasteiger partial charge in [-0.3, -0.25) is 0 Å². The molecule has 138 valence electrons. The summed E-state index contributed by atoms with van der Waals surface area (Å²) >= 11 is 1.91. The highest BCUT2D eigenvalue weighted by atomic mass is 35.5. The van der Waals surface area contributed by atoms with Crippen LogP contribution in [0.4, 0.5) is 0 Å². The third-order valence-electron chi connectivity index (χ3n) is 6.50. The molecule has 7 rings (SSSR count). The number of hydrogen-bond acceptors (Lipinski definition) is 1. The molecular weight excluding hydrogens is 382 g/mol. The van der Waals surface area contributed by atoms with Gasteiger partial charge in [-0.2, -0.15) is 4.57 Å². The first kappa shape index (κ1) is 17.7. The Labute approximate surface area is 175 Å². The molecule has 0 saturated carbocycles. The predicted octanol–water partition coefficient (Wildman–Crippen LogP) is 2.46. The lowest BCUT2D eigenvalue weighted by atomic mass is 9.54. The van der Waals surface area contributed by atoms with Crippen molar-refractivity contribution < 1.29 is 17.0 Å². The van der Waals surface area contributed by atoms with Gasteiger partial charge in [-0.05, 0) is 16.7 Å². The van der Waals surface area contributed by atoms with E-state index in [2.05, 4.69) is 101 Å². The Morgan fingerprint density at radius 3 is 1.96 bits per heavy atom. The number of rotatable bonds is 2. The van der Waals surface area contributed by atoms with E-state index in [1.807, 2.05) is 11.3 Å². The van der Waals surface area contributed by atoms with Crippen LogP contribution in [-0.4, -0.2) is 0 Å². The fourth-order valence-electron chi connectivity index (χ4n) is 5.45. The van der Waals surface area contributed by atoms with Gasteiger partial charge in [0, 0.05) is 17.4 Å². The van der Waals surface area contributed by atoms with E-state index in [1.165, 1.54) is 27.3 Å². The van der Waals surface area contributed by atoms with Gasteiger partial charge in [-0.25, -0.2) is 0 Å². The number of nitrogens with zero attached hydrogens (tertiary/aromatic N) is 1. The van der Waals surface area contributed by atoms with E-state index in [-0.39, 0.29) is 17.8 Å². The Morgan fingerprint density at radius 1 is 0.750 bits per heavy atom. The van der Waals surface area contributed by atoms with Crippen molar-refractivity contribution in [3.63, 3.8) is 0 Å². The maximum Gasteiger partial charge on any atom is 0.246 e. The summed E-state index contributed by atoms with van der Waals surface area (Å²) in [5.41, 5.74) is 5.84.